The molecule has 0 aromatic heterocycles. The minimum atomic E-state index is -0.205. The summed E-state index contributed by atoms with van der Waals surface area (Å²) in [5, 5.41) is 21.9. The maximum Gasteiger partial charge on any atom is 0.223 e. The first-order valence-electron chi connectivity index (χ1n) is 8.51. The molecular formula is C16H30N2O3. The largest absolute Gasteiger partial charge is 0.395 e. The number of likely N-dealkylation sites (tertiary alicyclic amines) is 1. The SMILES string of the molecule is O=C(NCCCN1CCCCC1CO)C1CCC(O)CC1. The van der Waals surface area contributed by atoms with E-state index in [1.807, 2.05) is 0 Å². The average molecular weight is 298 g/mol. The van der Waals surface area contributed by atoms with Gasteiger partial charge in [0.2, 0.25) is 5.91 Å². The number of rotatable bonds is 6. The molecule has 0 spiro atoms. The fourth-order valence-electron chi connectivity index (χ4n) is 3.54. The number of carbonyl (C=O) groups is 1. The predicted octanol–water partition coefficient (Wildman–Crippen LogP) is 0.891. The van der Waals surface area contributed by atoms with E-state index < -0.39 is 0 Å². The van der Waals surface area contributed by atoms with Crippen LogP contribution >= 0.6 is 0 Å². The Bertz CT molecular complexity index is 317. The monoisotopic (exact) mass is 298 g/mol. The smallest absolute Gasteiger partial charge is 0.223 e. The van der Waals surface area contributed by atoms with Crippen molar-refractivity contribution in [1.29, 1.82) is 0 Å². The Balaban J connectivity index is 1.59. The van der Waals surface area contributed by atoms with Crippen LogP contribution in [0.15, 0.2) is 0 Å². The minimum absolute atomic E-state index is 0.0913. The van der Waals surface area contributed by atoms with Gasteiger partial charge in [0.15, 0.2) is 0 Å². The number of carbonyl (C=O) groups excluding carboxylic acids is 1. The average Bonchev–Trinajstić information content (AvgIpc) is 2.52. The number of nitrogens with one attached hydrogen (secondary N) is 1. The van der Waals surface area contributed by atoms with Crippen molar-refractivity contribution >= 4 is 5.91 Å². The Labute approximate surface area is 127 Å². The van der Waals surface area contributed by atoms with E-state index in [-0.39, 0.29) is 24.5 Å². The van der Waals surface area contributed by atoms with E-state index in [4.69, 9.17) is 0 Å². The summed E-state index contributed by atoms with van der Waals surface area (Å²) >= 11 is 0. The van der Waals surface area contributed by atoms with E-state index in [0.29, 0.717) is 12.6 Å². The minimum Gasteiger partial charge on any atom is -0.395 e. The lowest BCUT2D eigenvalue weighted by Gasteiger charge is -2.34. The van der Waals surface area contributed by atoms with Crippen LogP contribution in [0.5, 0.6) is 0 Å². The molecule has 1 aliphatic heterocycles. The molecule has 1 heterocycles. The van der Waals surface area contributed by atoms with Crippen LogP contribution in [0.1, 0.15) is 51.4 Å². The number of nitrogens with zero attached hydrogens (tertiary/aromatic N) is 1. The summed E-state index contributed by atoms with van der Waals surface area (Å²) in [5.41, 5.74) is 0. The molecular weight excluding hydrogens is 268 g/mol. The maximum absolute atomic E-state index is 12.0. The third-order valence-electron chi connectivity index (χ3n) is 4.95. The molecule has 1 aliphatic carbocycles. The van der Waals surface area contributed by atoms with Crippen molar-refractivity contribution in [3.05, 3.63) is 0 Å². The predicted molar refractivity (Wildman–Crippen MR) is 81.9 cm³/mol. The molecule has 0 radical (unpaired) electrons. The molecule has 1 saturated heterocycles. The van der Waals surface area contributed by atoms with Crippen molar-refractivity contribution < 1.29 is 15.0 Å². The van der Waals surface area contributed by atoms with Crippen molar-refractivity contribution in [2.45, 2.75) is 63.5 Å². The zero-order valence-electron chi connectivity index (χ0n) is 13.0. The highest BCUT2D eigenvalue weighted by Gasteiger charge is 2.25. The topological polar surface area (TPSA) is 72.8 Å². The number of piperidine rings is 1. The van der Waals surface area contributed by atoms with Crippen LogP contribution < -0.4 is 5.32 Å². The van der Waals surface area contributed by atoms with E-state index in [9.17, 15) is 15.0 Å². The molecule has 5 heteroatoms. The van der Waals surface area contributed by atoms with Crippen LogP contribution in [0, 0.1) is 5.92 Å². The highest BCUT2D eigenvalue weighted by molar-refractivity contribution is 5.78. The van der Waals surface area contributed by atoms with Gasteiger partial charge in [-0.05, 0) is 51.5 Å². The van der Waals surface area contributed by atoms with Crippen molar-refractivity contribution in [2.24, 2.45) is 5.92 Å². The third kappa shape index (κ3) is 5.24. The molecule has 122 valence electrons. The first-order chi connectivity index (χ1) is 10.2. The highest BCUT2D eigenvalue weighted by atomic mass is 16.3. The van der Waals surface area contributed by atoms with Crippen molar-refractivity contribution in [3.63, 3.8) is 0 Å². The number of hydrogen-bond acceptors (Lipinski definition) is 4. The lowest BCUT2D eigenvalue weighted by atomic mass is 9.87. The van der Waals surface area contributed by atoms with Gasteiger partial charge in [0.25, 0.3) is 0 Å². The third-order valence-corrected chi connectivity index (χ3v) is 4.95. The molecule has 1 atom stereocenters. The summed E-state index contributed by atoms with van der Waals surface area (Å²) in [6, 6.07) is 0.314. The quantitative estimate of drug-likeness (QED) is 0.637. The van der Waals surface area contributed by atoms with E-state index in [2.05, 4.69) is 10.2 Å². The van der Waals surface area contributed by atoms with Crippen LogP contribution in [-0.2, 0) is 4.79 Å². The molecule has 0 bridgehead atoms. The van der Waals surface area contributed by atoms with Gasteiger partial charge in [-0.25, -0.2) is 0 Å². The Morgan fingerprint density at radius 3 is 2.62 bits per heavy atom. The van der Waals surface area contributed by atoms with Crippen molar-refractivity contribution in [1.82, 2.24) is 10.2 Å². The van der Waals surface area contributed by atoms with Crippen LogP contribution in [0.2, 0.25) is 0 Å². The van der Waals surface area contributed by atoms with Gasteiger partial charge in [0.05, 0.1) is 12.7 Å². The van der Waals surface area contributed by atoms with Crippen LogP contribution in [0.25, 0.3) is 0 Å². The number of aliphatic hydroxyl groups is 2. The zero-order valence-corrected chi connectivity index (χ0v) is 13.0. The molecule has 2 fully saturated rings. The second kappa shape index (κ2) is 8.71. The Kier molecular flexibility index (Phi) is 6.93. The maximum atomic E-state index is 12.0. The van der Waals surface area contributed by atoms with E-state index in [0.717, 1.165) is 51.6 Å². The molecule has 21 heavy (non-hydrogen) atoms. The second-order valence-corrected chi connectivity index (χ2v) is 6.52. The van der Waals surface area contributed by atoms with Gasteiger partial charge in [0.1, 0.15) is 0 Å². The van der Waals surface area contributed by atoms with Crippen LogP contribution in [-0.4, -0.2) is 59.4 Å². The van der Waals surface area contributed by atoms with E-state index >= 15 is 0 Å². The Hall–Kier alpha value is -0.650. The molecule has 0 aromatic carbocycles. The first kappa shape index (κ1) is 16.7. The summed E-state index contributed by atoms with van der Waals surface area (Å²) in [7, 11) is 0. The summed E-state index contributed by atoms with van der Waals surface area (Å²) < 4.78 is 0. The summed E-state index contributed by atoms with van der Waals surface area (Å²) in [6.07, 6.45) is 7.39. The van der Waals surface area contributed by atoms with Gasteiger partial charge in [0, 0.05) is 25.0 Å². The van der Waals surface area contributed by atoms with Gasteiger partial charge >= 0.3 is 0 Å². The first-order valence-corrected chi connectivity index (χ1v) is 8.51. The van der Waals surface area contributed by atoms with Gasteiger partial charge in [-0.1, -0.05) is 6.42 Å². The molecule has 1 unspecified atom stereocenters. The molecule has 2 aliphatic rings. The number of amides is 1. The summed E-state index contributed by atoms with van der Waals surface area (Å²) in [4.78, 5) is 14.4. The molecule has 3 N–H and O–H groups in total. The van der Waals surface area contributed by atoms with E-state index in [1.54, 1.807) is 0 Å². The van der Waals surface area contributed by atoms with Crippen LogP contribution in [0.3, 0.4) is 0 Å². The fourth-order valence-corrected chi connectivity index (χ4v) is 3.54. The lowest BCUT2D eigenvalue weighted by molar-refractivity contribution is -0.126. The van der Waals surface area contributed by atoms with E-state index in [1.165, 1.54) is 12.8 Å². The highest BCUT2D eigenvalue weighted by Crippen LogP contribution is 2.24. The number of hydrogen-bond donors (Lipinski definition) is 3. The van der Waals surface area contributed by atoms with Gasteiger partial charge in [-0.2, -0.15) is 0 Å². The van der Waals surface area contributed by atoms with Gasteiger partial charge < -0.3 is 15.5 Å². The van der Waals surface area contributed by atoms with Crippen LogP contribution in [0.4, 0.5) is 0 Å². The summed E-state index contributed by atoms with van der Waals surface area (Å²) in [5.74, 6) is 0.243. The summed E-state index contributed by atoms with van der Waals surface area (Å²) in [6.45, 7) is 2.98. The van der Waals surface area contributed by atoms with Gasteiger partial charge in [-0.15, -0.1) is 0 Å². The van der Waals surface area contributed by atoms with Crippen molar-refractivity contribution in [2.75, 3.05) is 26.2 Å². The molecule has 0 aromatic rings. The zero-order chi connectivity index (χ0) is 15.1. The molecule has 1 saturated carbocycles. The lowest BCUT2D eigenvalue weighted by Crippen LogP contribution is -2.43. The Morgan fingerprint density at radius 2 is 1.90 bits per heavy atom. The Morgan fingerprint density at radius 1 is 1.14 bits per heavy atom. The second-order valence-electron chi connectivity index (χ2n) is 6.52. The molecule has 5 nitrogen and oxygen atoms in total. The normalized spacial score (nSPS) is 31.0. The molecule has 2 rings (SSSR count). The van der Waals surface area contributed by atoms with Gasteiger partial charge in [-0.3, -0.25) is 9.69 Å². The molecule has 1 amide bonds. The standard InChI is InChI=1S/C16H30N2O3/c19-12-14-4-1-2-10-18(14)11-3-9-17-16(21)13-5-7-15(20)8-6-13/h13-15,19-20H,1-12H2,(H,17,21). The van der Waals surface area contributed by atoms with Crippen molar-refractivity contribution in [3.8, 4) is 0 Å². The number of aliphatic hydroxyl groups excluding tert-OH is 2. The fraction of sp³-hybridized carbons (Fsp3) is 0.938.